The summed E-state index contributed by atoms with van der Waals surface area (Å²) in [6.07, 6.45) is 0.391. The number of ether oxygens (including phenoxy) is 2. The van der Waals surface area contributed by atoms with Gasteiger partial charge in [0.2, 0.25) is 17.6 Å². The van der Waals surface area contributed by atoms with E-state index in [1.807, 2.05) is 30.3 Å². The van der Waals surface area contributed by atoms with Gasteiger partial charge in [-0.25, -0.2) is 4.39 Å². The van der Waals surface area contributed by atoms with Gasteiger partial charge in [0.25, 0.3) is 0 Å². The van der Waals surface area contributed by atoms with Crippen molar-refractivity contribution in [2.24, 2.45) is 0 Å². The molecule has 0 aliphatic carbocycles. The molecule has 0 N–H and O–H groups in total. The first-order chi connectivity index (χ1) is 14.7. The molecule has 0 saturated heterocycles. The Morgan fingerprint density at radius 1 is 1.10 bits per heavy atom. The fraction of sp³-hybridized carbons (Fsp3) is 0.318. The monoisotopic (exact) mass is 413 g/mol. The van der Waals surface area contributed by atoms with Gasteiger partial charge in [-0.3, -0.25) is 4.79 Å². The van der Waals surface area contributed by atoms with Crippen LogP contribution in [-0.4, -0.2) is 54.4 Å². The molecule has 0 radical (unpaired) electrons. The molecule has 30 heavy (non-hydrogen) atoms. The highest BCUT2D eigenvalue weighted by atomic mass is 19.1. The van der Waals surface area contributed by atoms with Crippen LogP contribution in [0.25, 0.3) is 11.4 Å². The summed E-state index contributed by atoms with van der Waals surface area (Å²) in [6.45, 7) is 1.58. The van der Waals surface area contributed by atoms with Gasteiger partial charge in [-0.1, -0.05) is 35.5 Å². The second-order valence-corrected chi connectivity index (χ2v) is 6.62. The summed E-state index contributed by atoms with van der Waals surface area (Å²) in [4.78, 5) is 18.5. The molecule has 0 bridgehead atoms. The van der Waals surface area contributed by atoms with Crippen molar-refractivity contribution in [3.8, 4) is 11.4 Å². The molecule has 1 amide bonds. The molecule has 1 aromatic heterocycles. The summed E-state index contributed by atoms with van der Waals surface area (Å²) in [5.41, 5.74) is 1.67. The van der Waals surface area contributed by atoms with Gasteiger partial charge in [0.1, 0.15) is 12.4 Å². The average molecular weight is 413 g/mol. The van der Waals surface area contributed by atoms with Gasteiger partial charge in [0, 0.05) is 32.2 Å². The second kappa shape index (κ2) is 11.2. The van der Waals surface area contributed by atoms with Gasteiger partial charge in [0.05, 0.1) is 13.2 Å². The van der Waals surface area contributed by atoms with Crippen LogP contribution in [0.3, 0.4) is 0 Å². The Morgan fingerprint density at radius 2 is 1.87 bits per heavy atom. The molecule has 0 saturated carbocycles. The van der Waals surface area contributed by atoms with Crippen molar-refractivity contribution in [2.45, 2.75) is 13.0 Å². The smallest absolute Gasteiger partial charge is 0.248 e. The van der Waals surface area contributed by atoms with Crippen molar-refractivity contribution < 1.29 is 23.2 Å². The largest absolute Gasteiger partial charge is 0.383 e. The van der Waals surface area contributed by atoms with E-state index in [4.69, 9.17) is 14.0 Å². The lowest BCUT2D eigenvalue weighted by molar-refractivity contribution is -0.137. The minimum Gasteiger partial charge on any atom is -0.383 e. The van der Waals surface area contributed by atoms with E-state index in [1.54, 1.807) is 24.1 Å². The first-order valence-electron chi connectivity index (χ1n) is 9.62. The van der Waals surface area contributed by atoms with Crippen LogP contribution in [-0.2, 0) is 27.3 Å². The predicted molar refractivity (Wildman–Crippen MR) is 108 cm³/mol. The SMILES string of the molecule is COCCN(CCc1nc(-c2ccc(F)cc2)no1)C(=O)COCc1ccccc1. The van der Waals surface area contributed by atoms with Crippen molar-refractivity contribution in [3.05, 3.63) is 71.9 Å². The summed E-state index contributed by atoms with van der Waals surface area (Å²) in [5, 5.41) is 3.92. The minimum atomic E-state index is -0.329. The number of benzene rings is 2. The van der Waals surface area contributed by atoms with Crippen molar-refractivity contribution in [2.75, 3.05) is 33.4 Å². The van der Waals surface area contributed by atoms with Gasteiger partial charge < -0.3 is 18.9 Å². The second-order valence-electron chi connectivity index (χ2n) is 6.62. The molecule has 8 heteroatoms. The fourth-order valence-electron chi connectivity index (χ4n) is 2.79. The maximum atomic E-state index is 13.1. The van der Waals surface area contributed by atoms with Crippen LogP contribution in [0.2, 0.25) is 0 Å². The first kappa shape index (κ1) is 21.6. The number of aromatic nitrogens is 2. The summed E-state index contributed by atoms with van der Waals surface area (Å²) < 4.78 is 29.0. The molecule has 158 valence electrons. The summed E-state index contributed by atoms with van der Waals surface area (Å²) in [5.74, 6) is 0.311. The van der Waals surface area contributed by atoms with Gasteiger partial charge in [-0.05, 0) is 29.8 Å². The van der Waals surface area contributed by atoms with E-state index in [9.17, 15) is 9.18 Å². The molecule has 0 fully saturated rings. The van der Waals surface area contributed by atoms with Crippen molar-refractivity contribution in [1.29, 1.82) is 0 Å². The predicted octanol–water partition coefficient (Wildman–Crippen LogP) is 3.11. The first-order valence-corrected chi connectivity index (χ1v) is 9.62. The lowest BCUT2D eigenvalue weighted by Crippen LogP contribution is -2.38. The molecule has 1 heterocycles. The Kier molecular flexibility index (Phi) is 8.05. The van der Waals surface area contributed by atoms with Gasteiger partial charge in [0.15, 0.2) is 0 Å². The number of halogens is 1. The Labute approximate surface area is 174 Å². The van der Waals surface area contributed by atoms with E-state index >= 15 is 0 Å². The number of amides is 1. The van der Waals surface area contributed by atoms with E-state index in [1.165, 1.54) is 12.1 Å². The van der Waals surface area contributed by atoms with Gasteiger partial charge in [-0.15, -0.1) is 0 Å². The third kappa shape index (κ3) is 6.47. The topological polar surface area (TPSA) is 77.7 Å². The fourth-order valence-corrected chi connectivity index (χ4v) is 2.79. The van der Waals surface area contributed by atoms with E-state index in [0.29, 0.717) is 50.0 Å². The molecule has 0 unspecified atom stereocenters. The zero-order valence-corrected chi connectivity index (χ0v) is 16.8. The number of carbonyl (C=O) groups is 1. The Morgan fingerprint density at radius 3 is 2.60 bits per heavy atom. The molecular weight excluding hydrogens is 389 g/mol. The molecule has 2 aromatic carbocycles. The minimum absolute atomic E-state index is 0.0245. The van der Waals surface area contributed by atoms with E-state index in [2.05, 4.69) is 10.1 Å². The van der Waals surface area contributed by atoms with E-state index in [-0.39, 0.29) is 18.3 Å². The summed E-state index contributed by atoms with van der Waals surface area (Å²) >= 11 is 0. The molecule has 3 aromatic rings. The number of hydrogen-bond acceptors (Lipinski definition) is 6. The third-order valence-corrected chi connectivity index (χ3v) is 4.42. The van der Waals surface area contributed by atoms with Crippen molar-refractivity contribution >= 4 is 5.91 Å². The van der Waals surface area contributed by atoms with Crippen LogP contribution in [0.4, 0.5) is 4.39 Å². The molecular formula is C22H24FN3O4. The number of rotatable bonds is 11. The van der Waals surface area contributed by atoms with Crippen LogP contribution in [0.15, 0.2) is 59.1 Å². The molecule has 7 nitrogen and oxygen atoms in total. The lowest BCUT2D eigenvalue weighted by Gasteiger charge is -2.21. The quantitative estimate of drug-likeness (QED) is 0.481. The maximum absolute atomic E-state index is 13.1. The van der Waals surface area contributed by atoms with Crippen LogP contribution < -0.4 is 0 Å². The standard InChI is InChI=1S/C22H24FN3O4/c1-28-14-13-26(21(27)16-29-15-17-5-3-2-4-6-17)12-11-20-24-22(25-30-20)18-7-9-19(23)10-8-18/h2-10H,11-16H2,1H3. The maximum Gasteiger partial charge on any atom is 0.248 e. The molecule has 0 spiro atoms. The zero-order valence-electron chi connectivity index (χ0n) is 16.8. The van der Waals surface area contributed by atoms with Crippen LogP contribution >= 0.6 is 0 Å². The Hall–Kier alpha value is -3.10. The van der Waals surface area contributed by atoms with Crippen LogP contribution in [0.1, 0.15) is 11.5 Å². The summed E-state index contributed by atoms with van der Waals surface area (Å²) in [7, 11) is 1.58. The van der Waals surface area contributed by atoms with Crippen LogP contribution in [0, 0.1) is 5.82 Å². The zero-order chi connectivity index (χ0) is 21.2. The van der Waals surface area contributed by atoms with Gasteiger partial charge >= 0.3 is 0 Å². The van der Waals surface area contributed by atoms with Crippen LogP contribution in [0.5, 0.6) is 0 Å². The lowest BCUT2D eigenvalue weighted by atomic mass is 10.2. The Bertz CT molecular complexity index is 916. The number of carbonyl (C=O) groups excluding carboxylic acids is 1. The van der Waals surface area contributed by atoms with Crippen molar-refractivity contribution in [1.82, 2.24) is 15.0 Å². The highest BCUT2D eigenvalue weighted by molar-refractivity contribution is 5.77. The highest BCUT2D eigenvalue weighted by Gasteiger charge is 2.16. The Balaban J connectivity index is 1.52. The van der Waals surface area contributed by atoms with E-state index in [0.717, 1.165) is 5.56 Å². The van der Waals surface area contributed by atoms with E-state index < -0.39 is 0 Å². The summed E-state index contributed by atoms with van der Waals surface area (Å²) in [6, 6.07) is 15.5. The van der Waals surface area contributed by atoms with Gasteiger partial charge in [-0.2, -0.15) is 4.98 Å². The highest BCUT2D eigenvalue weighted by Crippen LogP contribution is 2.16. The number of hydrogen-bond donors (Lipinski definition) is 0. The molecule has 0 atom stereocenters. The average Bonchev–Trinajstić information content (AvgIpc) is 3.24. The molecule has 0 aliphatic heterocycles. The number of methoxy groups -OCH3 is 1. The molecule has 0 aliphatic rings. The number of nitrogens with zero attached hydrogens (tertiary/aromatic N) is 3. The third-order valence-electron chi connectivity index (χ3n) is 4.42. The molecule has 3 rings (SSSR count). The van der Waals surface area contributed by atoms with Crippen molar-refractivity contribution in [3.63, 3.8) is 0 Å². The normalized spacial score (nSPS) is 10.9.